The fraction of sp³-hybridized carbons (Fsp3) is 0.103. The van der Waals surface area contributed by atoms with Crippen molar-refractivity contribution in [2.24, 2.45) is 5.92 Å². The van der Waals surface area contributed by atoms with E-state index in [-0.39, 0.29) is 16.7 Å². The van der Waals surface area contributed by atoms with Crippen molar-refractivity contribution in [1.29, 1.82) is 0 Å². The fourth-order valence-corrected chi connectivity index (χ4v) is 12.3. The number of rotatable bonds is 6. The van der Waals surface area contributed by atoms with E-state index in [1.807, 2.05) is 11.3 Å². The SMILES string of the molecule is CC1(C)c2ccccc2-c2ccc(N(c3ccc(-c4cccc5c4sc4ccccc45)cc3)c3ccc4c(c3)-c3ccccc3C4(c3ccccc3)C3C=CC=CC3)cc21. The summed E-state index contributed by atoms with van der Waals surface area (Å²) in [5.41, 5.74) is 17.7. The Morgan fingerprint density at radius 1 is 0.483 bits per heavy atom. The van der Waals surface area contributed by atoms with Crippen LogP contribution in [-0.4, -0.2) is 0 Å². The highest BCUT2D eigenvalue weighted by Gasteiger charge is 2.49. The summed E-state index contributed by atoms with van der Waals surface area (Å²) in [4.78, 5) is 2.48. The van der Waals surface area contributed by atoms with Gasteiger partial charge in [0.2, 0.25) is 0 Å². The van der Waals surface area contributed by atoms with Crippen molar-refractivity contribution in [2.75, 3.05) is 4.90 Å². The number of anilines is 3. The highest BCUT2D eigenvalue weighted by atomic mass is 32.1. The van der Waals surface area contributed by atoms with E-state index in [4.69, 9.17) is 0 Å². The minimum absolute atomic E-state index is 0.117. The largest absolute Gasteiger partial charge is 0.310 e. The second-order valence-electron chi connectivity index (χ2n) is 17.2. The molecule has 2 heteroatoms. The molecule has 0 bridgehead atoms. The molecule has 0 aliphatic heterocycles. The van der Waals surface area contributed by atoms with E-state index in [2.05, 4.69) is 225 Å². The third-order valence-corrected chi connectivity index (χ3v) is 15.0. The molecule has 12 rings (SSSR count). The molecular weight excluding hydrogens is 743 g/mol. The van der Waals surface area contributed by atoms with Crippen LogP contribution in [0.15, 0.2) is 206 Å². The Balaban J connectivity index is 1.05. The summed E-state index contributed by atoms with van der Waals surface area (Å²) in [6.45, 7) is 4.75. The molecule has 60 heavy (non-hydrogen) atoms. The van der Waals surface area contributed by atoms with Crippen LogP contribution < -0.4 is 4.90 Å². The van der Waals surface area contributed by atoms with Crippen molar-refractivity contribution >= 4 is 48.6 Å². The molecule has 0 N–H and O–H groups in total. The lowest BCUT2D eigenvalue weighted by atomic mass is 9.62. The normalized spacial score (nSPS) is 18.0. The highest BCUT2D eigenvalue weighted by molar-refractivity contribution is 7.26. The number of nitrogens with zero attached hydrogens (tertiary/aromatic N) is 1. The van der Waals surface area contributed by atoms with E-state index in [0.29, 0.717) is 0 Å². The van der Waals surface area contributed by atoms with Gasteiger partial charge in [0.25, 0.3) is 0 Å². The average molecular weight is 786 g/mol. The molecule has 1 heterocycles. The van der Waals surface area contributed by atoms with Gasteiger partial charge in [-0.15, -0.1) is 11.3 Å². The number of hydrogen-bond donors (Lipinski definition) is 0. The molecule has 3 aliphatic carbocycles. The smallest absolute Gasteiger partial charge is 0.0529 e. The van der Waals surface area contributed by atoms with E-state index >= 15 is 0 Å². The molecule has 0 saturated carbocycles. The van der Waals surface area contributed by atoms with Crippen LogP contribution in [0.4, 0.5) is 17.1 Å². The summed E-state index contributed by atoms with van der Waals surface area (Å²) in [6, 6.07) is 68.5. The van der Waals surface area contributed by atoms with Gasteiger partial charge in [-0.1, -0.05) is 178 Å². The van der Waals surface area contributed by atoms with Crippen molar-refractivity contribution < 1.29 is 0 Å². The lowest BCUT2D eigenvalue weighted by molar-refractivity contribution is 0.457. The van der Waals surface area contributed by atoms with Crippen LogP contribution in [0.5, 0.6) is 0 Å². The topological polar surface area (TPSA) is 3.24 Å². The van der Waals surface area contributed by atoms with Crippen molar-refractivity contribution in [2.45, 2.75) is 31.1 Å². The first-order chi connectivity index (χ1) is 29.5. The molecule has 0 radical (unpaired) electrons. The van der Waals surface area contributed by atoms with Gasteiger partial charge in [0.05, 0.1) is 5.41 Å². The summed E-state index contributed by atoms with van der Waals surface area (Å²) in [6.07, 6.45) is 10.2. The maximum Gasteiger partial charge on any atom is 0.0529 e. The zero-order chi connectivity index (χ0) is 40.0. The molecule has 2 unspecified atom stereocenters. The Labute approximate surface area is 356 Å². The van der Waals surface area contributed by atoms with E-state index in [9.17, 15) is 0 Å². The first-order valence-corrected chi connectivity index (χ1v) is 22.0. The number of thiophene rings is 1. The van der Waals surface area contributed by atoms with Gasteiger partial charge in [0.15, 0.2) is 0 Å². The Morgan fingerprint density at radius 2 is 1.12 bits per heavy atom. The van der Waals surface area contributed by atoms with Crippen molar-refractivity contribution in [1.82, 2.24) is 0 Å². The number of allylic oxidation sites excluding steroid dienone is 4. The molecule has 0 saturated heterocycles. The summed E-state index contributed by atoms with van der Waals surface area (Å²) in [5, 5.41) is 2.65. The molecule has 286 valence electrons. The Morgan fingerprint density at radius 3 is 1.93 bits per heavy atom. The fourth-order valence-electron chi connectivity index (χ4n) is 11.0. The first-order valence-electron chi connectivity index (χ1n) is 21.2. The maximum absolute atomic E-state index is 2.48. The molecule has 0 fully saturated rings. The van der Waals surface area contributed by atoms with Crippen LogP contribution in [0.3, 0.4) is 0 Å². The van der Waals surface area contributed by atoms with Gasteiger partial charge in [-0.2, -0.15) is 0 Å². The summed E-state index contributed by atoms with van der Waals surface area (Å²) < 4.78 is 2.67. The van der Waals surface area contributed by atoms with E-state index < -0.39 is 0 Å². The number of hydrogen-bond acceptors (Lipinski definition) is 2. The van der Waals surface area contributed by atoms with Crippen molar-refractivity contribution in [3.05, 3.63) is 234 Å². The molecule has 9 aromatic rings. The zero-order valence-corrected chi connectivity index (χ0v) is 34.6. The third kappa shape index (κ3) is 5.04. The maximum atomic E-state index is 2.48. The number of fused-ring (bicyclic) bond motifs is 9. The monoisotopic (exact) mass is 785 g/mol. The lowest BCUT2D eigenvalue weighted by Gasteiger charge is -2.39. The van der Waals surface area contributed by atoms with Crippen LogP contribution >= 0.6 is 11.3 Å². The first kappa shape index (κ1) is 35.2. The van der Waals surface area contributed by atoms with Gasteiger partial charge in [0, 0.05) is 42.6 Å². The van der Waals surface area contributed by atoms with Crippen LogP contribution in [0.2, 0.25) is 0 Å². The minimum atomic E-state index is -0.309. The predicted molar refractivity (Wildman–Crippen MR) is 255 cm³/mol. The van der Waals surface area contributed by atoms with E-state index in [1.165, 1.54) is 81.4 Å². The second-order valence-corrected chi connectivity index (χ2v) is 18.2. The average Bonchev–Trinajstić information content (AvgIpc) is 3.91. The molecule has 1 aromatic heterocycles. The third-order valence-electron chi connectivity index (χ3n) is 13.8. The minimum Gasteiger partial charge on any atom is -0.310 e. The Hall–Kier alpha value is -6.74. The van der Waals surface area contributed by atoms with E-state index in [1.54, 1.807) is 0 Å². The van der Waals surface area contributed by atoms with Gasteiger partial charge in [-0.25, -0.2) is 0 Å². The van der Waals surface area contributed by atoms with Gasteiger partial charge >= 0.3 is 0 Å². The quantitative estimate of drug-likeness (QED) is 0.162. The molecule has 0 spiro atoms. The summed E-state index contributed by atoms with van der Waals surface area (Å²) in [5.74, 6) is 0.285. The van der Waals surface area contributed by atoms with Crippen LogP contribution in [0, 0.1) is 5.92 Å². The highest BCUT2D eigenvalue weighted by Crippen LogP contribution is 2.59. The molecule has 2 atom stereocenters. The Kier molecular flexibility index (Phi) is 7.86. The predicted octanol–water partition coefficient (Wildman–Crippen LogP) is 15.9. The molecule has 8 aromatic carbocycles. The molecular formula is C58H43NS. The lowest BCUT2D eigenvalue weighted by Crippen LogP contribution is -2.35. The summed E-state index contributed by atoms with van der Waals surface area (Å²) >= 11 is 1.89. The summed E-state index contributed by atoms with van der Waals surface area (Å²) in [7, 11) is 0. The Bertz CT molecular complexity index is 3220. The van der Waals surface area contributed by atoms with Crippen molar-refractivity contribution in [3.8, 4) is 33.4 Å². The van der Waals surface area contributed by atoms with Crippen LogP contribution in [0.25, 0.3) is 53.6 Å². The van der Waals surface area contributed by atoms with Crippen molar-refractivity contribution in [3.63, 3.8) is 0 Å². The number of benzene rings is 8. The molecule has 1 nitrogen and oxygen atoms in total. The van der Waals surface area contributed by atoms with Gasteiger partial charge in [-0.3, -0.25) is 0 Å². The standard InChI is InChI=1S/C58H43NS/c1-57(2)51-25-12-9-20-45(51)47-34-32-43(37-54(47)57)59(41-30-28-38(29-31-41)44-23-15-24-49-48-22-11-14-27-55(48)60-56(44)49)42-33-35-53-50(36-42)46-21-10-13-26-52(46)58(53,39-16-5-3-6-17-39)40-18-7-4-8-19-40/h3-18,20-37,40H,19H2,1-2H3. The van der Waals surface area contributed by atoms with E-state index in [0.717, 1.165) is 23.5 Å². The van der Waals surface area contributed by atoms with Crippen LogP contribution in [-0.2, 0) is 10.8 Å². The zero-order valence-electron chi connectivity index (χ0n) is 33.8. The molecule has 3 aliphatic rings. The van der Waals surface area contributed by atoms with Gasteiger partial charge < -0.3 is 4.90 Å². The van der Waals surface area contributed by atoms with Gasteiger partial charge in [-0.05, 0) is 116 Å². The second kappa shape index (κ2) is 13.4. The van der Waals surface area contributed by atoms with Crippen LogP contribution in [0.1, 0.15) is 48.1 Å². The van der Waals surface area contributed by atoms with Gasteiger partial charge in [0.1, 0.15) is 0 Å². The molecule has 0 amide bonds.